The van der Waals surface area contributed by atoms with Gasteiger partial charge in [0.15, 0.2) is 43.5 Å². The van der Waals surface area contributed by atoms with Crippen molar-refractivity contribution in [3.8, 4) is 0 Å². The van der Waals surface area contributed by atoms with E-state index in [2.05, 4.69) is 26.8 Å². The van der Waals surface area contributed by atoms with Gasteiger partial charge in [-0.15, -0.1) is 0 Å². The molecule has 0 bridgehead atoms. The van der Waals surface area contributed by atoms with Gasteiger partial charge >= 0.3 is 23.9 Å². The average molecular weight is 1330 g/mol. The highest BCUT2D eigenvalue weighted by atomic mass is 16.8. The Bertz CT molecular complexity index is 2810. The van der Waals surface area contributed by atoms with Crippen LogP contribution in [0.1, 0.15) is 135 Å². The van der Waals surface area contributed by atoms with Gasteiger partial charge in [-0.2, -0.15) is 0 Å². The Morgan fingerprint density at radius 2 is 1.17 bits per heavy atom. The van der Waals surface area contributed by atoms with Gasteiger partial charge in [-0.1, -0.05) is 72.3 Å². The van der Waals surface area contributed by atoms with E-state index in [9.17, 15) is 80.5 Å². The number of hydrogen-bond donors (Lipinski definition) is 12. The molecule has 0 spiro atoms. The first-order valence-electron chi connectivity index (χ1n) is 32.8. The monoisotopic (exact) mass is 1330 g/mol. The topological polar surface area (TPSA) is 413 Å². The van der Waals surface area contributed by atoms with E-state index < -0.39 is 230 Å². The van der Waals surface area contributed by atoms with Gasteiger partial charge in [-0.25, -0.2) is 14.4 Å². The Morgan fingerprint density at radius 1 is 0.591 bits per heavy atom. The van der Waals surface area contributed by atoms with Crippen molar-refractivity contribution in [2.75, 3.05) is 26.4 Å². The molecule has 4 heterocycles. The van der Waals surface area contributed by atoms with Gasteiger partial charge in [-0.3, -0.25) is 4.79 Å². The van der Waals surface area contributed by atoms with Crippen LogP contribution in [-0.2, 0) is 71.3 Å². The first kappa shape index (κ1) is 73.6. The van der Waals surface area contributed by atoms with E-state index in [1.807, 2.05) is 27.7 Å². The number of aliphatic hydroxyl groups excluding tert-OH is 11. The molecule has 0 aromatic rings. The van der Waals surface area contributed by atoms with E-state index in [-0.39, 0.29) is 35.8 Å². The number of aliphatic carboxylic acids is 1. The van der Waals surface area contributed by atoms with Crippen LogP contribution < -0.4 is 0 Å². The van der Waals surface area contributed by atoms with Crippen LogP contribution in [0.25, 0.3) is 0 Å². The molecular weight excluding hydrogens is 1220 g/mol. The number of carbonyl (C=O) groups is 4. The van der Waals surface area contributed by atoms with Crippen LogP contribution in [0.3, 0.4) is 0 Å². The number of aliphatic hydroxyl groups is 11. The number of hydrogen-bond acceptors (Lipinski definition) is 26. The molecule has 12 N–H and O–H groups in total. The number of carboxylic acids is 1. The number of allylic oxidation sites excluding steroid dienone is 4. The summed E-state index contributed by atoms with van der Waals surface area (Å²) in [6.45, 7) is 21.0. The largest absolute Gasteiger partial charge is 0.479 e. The predicted octanol–water partition coefficient (Wildman–Crippen LogP) is 0.962. The van der Waals surface area contributed by atoms with Crippen molar-refractivity contribution in [1.29, 1.82) is 0 Å². The first-order valence-corrected chi connectivity index (χ1v) is 32.8. The summed E-state index contributed by atoms with van der Waals surface area (Å²) in [7, 11) is 0. The fraction of sp³-hybridized carbons (Fsp3) is 0.848. The zero-order valence-corrected chi connectivity index (χ0v) is 55.5. The van der Waals surface area contributed by atoms with E-state index in [1.54, 1.807) is 33.8 Å². The van der Waals surface area contributed by atoms with Crippen LogP contribution in [0, 0.1) is 56.2 Å². The maximum Gasteiger partial charge on any atom is 0.335 e. The summed E-state index contributed by atoms with van der Waals surface area (Å²) in [6.07, 6.45) is -26.4. The van der Waals surface area contributed by atoms with E-state index >= 15 is 0 Å². The molecule has 0 radical (unpaired) electrons. The van der Waals surface area contributed by atoms with Crippen molar-refractivity contribution in [2.45, 2.75) is 270 Å². The third-order valence-electron chi connectivity index (χ3n) is 24.0. The number of ether oxygens (including phenoxy) is 11. The van der Waals surface area contributed by atoms with Crippen LogP contribution in [-0.4, -0.2) is 247 Å². The molecule has 4 saturated carbocycles. The maximum atomic E-state index is 13.5. The van der Waals surface area contributed by atoms with E-state index in [0.29, 0.717) is 32.1 Å². The lowest BCUT2D eigenvalue weighted by molar-refractivity contribution is -0.385. The molecule has 5 aliphatic carbocycles. The molecule has 4 aliphatic heterocycles. The van der Waals surface area contributed by atoms with Gasteiger partial charge in [0.1, 0.15) is 61.0 Å². The van der Waals surface area contributed by atoms with Gasteiger partial charge in [0.25, 0.3) is 0 Å². The van der Waals surface area contributed by atoms with Crippen molar-refractivity contribution in [3.05, 3.63) is 34.9 Å². The minimum Gasteiger partial charge on any atom is -0.479 e. The lowest BCUT2D eigenvalue weighted by Gasteiger charge is -2.72. The Morgan fingerprint density at radius 3 is 1.73 bits per heavy atom. The zero-order chi connectivity index (χ0) is 68.7. The van der Waals surface area contributed by atoms with Crippen LogP contribution in [0.4, 0.5) is 0 Å². The van der Waals surface area contributed by atoms with Crippen molar-refractivity contribution in [3.63, 3.8) is 0 Å². The molecule has 4 saturated heterocycles. The van der Waals surface area contributed by atoms with Crippen LogP contribution in [0.2, 0.25) is 0 Å². The van der Waals surface area contributed by atoms with Crippen LogP contribution >= 0.6 is 0 Å². The molecule has 528 valence electrons. The van der Waals surface area contributed by atoms with Gasteiger partial charge in [-0.05, 0) is 124 Å². The number of carbonyl (C=O) groups excluding carboxylic acids is 3. The Kier molecular flexibility index (Phi) is 21.8. The lowest BCUT2D eigenvalue weighted by atomic mass is 9.33. The zero-order valence-electron chi connectivity index (χ0n) is 55.5. The molecule has 0 aromatic carbocycles. The molecule has 0 aromatic heterocycles. The summed E-state index contributed by atoms with van der Waals surface area (Å²) in [5.41, 5.74) is -3.53. The Hall–Kier alpha value is -3.66. The highest BCUT2D eigenvalue weighted by molar-refractivity contribution is 5.88. The second kappa shape index (κ2) is 27.6. The molecule has 9 rings (SSSR count). The van der Waals surface area contributed by atoms with Gasteiger partial charge in [0.2, 0.25) is 0 Å². The van der Waals surface area contributed by atoms with Crippen LogP contribution in [0.15, 0.2) is 34.9 Å². The number of carboxylic acid groups (broad SMARTS) is 1. The summed E-state index contributed by atoms with van der Waals surface area (Å²) in [5.74, 6) is -5.80. The normalized spacial score (nSPS) is 48.0. The minimum absolute atomic E-state index is 0.0417. The average Bonchev–Trinajstić information content (AvgIpc) is 0.939. The van der Waals surface area contributed by atoms with Crippen molar-refractivity contribution in [2.24, 2.45) is 56.2 Å². The molecule has 10 unspecified atom stereocenters. The summed E-state index contributed by atoms with van der Waals surface area (Å²) in [5, 5.41) is 134. The van der Waals surface area contributed by atoms with Gasteiger partial charge in [0, 0.05) is 24.0 Å². The van der Waals surface area contributed by atoms with E-state index in [4.69, 9.17) is 52.1 Å². The molecule has 0 amide bonds. The molecule has 30 atom stereocenters. The summed E-state index contributed by atoms with van der Waals surface area (Å²) in [6, 6.07) is 0. The van der Waals surface area contributed by atoms with Gasteiger partial charge in [0.05, 0.1) is 62.4 Å². The smallest absolute Gasteiger partial charge is 0.335 e. The quantitative estimate of drug-likeness (QED) is 0.0299. The second-order valence-electron chi connectivity index (χ2n) is 29.7. The lowest BCUT2D eigenvalue weighted by Crippen LogP contribution is -2.73. The number of rotatable bonds is 18. The highest BCUT2D eigenvalue weighted by Crippen LogP contribution is 2.76. The summed E-state index contributed by atoms with van der Waals surface area (Å²) in [4.78, 5) is 53.1. The van der Waals surface area contributed by atoms with Crippen molar-refractivity contribution >= 4 is 23.9 Å². The number of esters is 3. The maximum absolute atomic E-state index is 13.5. The SMILES string of the molecule is C/C=C(/C)C(=O)O[C@@H]1C(O)[C@H](O[C@H]2[C@H](OC(C)=O)[C@@]3(CO)C(CC2(C)C)C2=CCC4[C@@]5(C)CC[C@H](O[C@@H]6OC(C(=O)O)[C@H](O)[C@H](O[C@@H]7O[C@H](CO)C(O)[C@@H]7O)C6O[C@@H]6OC(CO)[C@H](CO)[C@H](O)C6O)C(C)(C)C5CC[C@@]4(C)[C@]2(C)C[C@H]3O)OC(C)[C@@H]1OC(=O)/C(C)=C\C. The molecular formula is C66H102O27. The van der Waals surface area contributed by atoms with Crippen LogP contribution in [0.5, 0.6) is 0 Å². The fourth-order valence-electron chi connectivity index (χ4n) is 18.3. The summed E-state index contributed by atoms with van der Waals surface area (Å²) < 4.78 is 68.2. The Balaban J connectivity index is 1.01. The van der Waals surface area contributed by atoms with Crippen molar-refractivity contribution < 1.29 is 133 Å². The highest BCUT2D eigenvalue weighted by Gasteiger charge is 2.74. The standard InChI is InChI=1S/C66H102O27/c1-14-28(3)55(81)88-47-30(5)83-59(46(78)49(47)89-56(82)29(4)15-2)93-52-53(84-31(6)71)66(27-70)34(22-61(52,7)8)33-16-17-38-63(11)20-19-40(62(9,10)37(63)18-21-64(38,12)65(33,13)23-39(66)72)87-60-51(92-57-43(75)41(73)32(24-67)35(25-68)85-57)48(45(77)50(91-60)54(79)80)90-58-44(76)42(74)36(26-69)86-58/h14-16,30,32,34-53,57-60,67-70,72-78H,17-27H2,1-13H3,(H,79,80)/b28-14-,29-15-/t30?,32-,34?,35?,36+,37?,38?,39+,40-,41-,42?,43?,44-,45+,46?,47-,48-,49+,50?,51?,52-,53-,57-,58-,59-,60+,63-,64+,65+,66-/m0/s1. The van der Waals surface area contributed by atoms with Crippen molar-refractivity contribution in [1.82, 2.24) is 0 Å². The van der Waals surface area contributed by atoms with E-state index in [1.165, 1.54) is 19.9 Å². The molecule has 27 heteroatoms. The molecule has 9 aliphatic rings. The third-order valence-corrected chi connectivity index (χ3v) is 24.0. The first-order chi connectivity index (χ1) is 43.5. The summed E-state index contributed by atoms with van der Waals surface area (Å²) >= 11 is 0. The predicted molar refractivity (Wildman–Crippen MR) is 321 cm³/mol. The molecule has 27 nitrogen and oxygen atoms in total. The second-order valence-corrected chi connectivity index (χ2v) is 29.7. The minimum atomic E-state index is -2.12. The third kappa shape index (κ3) is 12.5. The van der Waals surface area contributed by atoms with Gasteiger partial charge < -0.3 is 113 Å². The molecule has 93 heavy (non-hydrogen) atoms. The number of fused-ring (bicyclic) bond motifs is 7. The van der Waals surface area contributed by atoms with E-state index in [0.717, 1.165) is 5.57 Å². The fourth-order valence-corrected chi connectivity index (χ4v) is 18.3. The Labute approximate surface area is 542 Å². The molecule has 8 fully saturated rings.